The van der Waals surface area contributed by atoms with E-state index >= 15 is 0 Å². The van der Waals surface area contributed by atoms with Gasteiger partial charge >= 0.3 is 0 Å². The highest BCUT2D eigenvalue weighted by Crippen LogP contribution is 2.12. The van der Waals surface area contributed by atoms with Crippen molar-refractivity contribution >= 4 is 29.0 Å². The first-order chi connectivity index (χ1) is 9.60. The number of benzene rings is 1. The summed E-state index contributed by atoms with van der Waals surface area (Å²) in [5.74, 6) is -0.347. The van der Waals surface area contributed by atoms with Crippen molar-refractivity contribution in [2.24, 2.45) is 10.9 Å². The standard InChI is InChI=1S/C13H11ClN4O2/c14-9-3-6-11(16-7-9)13(19)17-10-4-1-8(2-5-10)12(15)18-20/h1-7,20H,(H2,15,18)(H,17,19). The molecule has 2 aromatic rings. The second-order valence-corrected chi connectivity index (χ2v) is 4.31. The molecule has 0 radical (unpaired) electrons. The van der Waals surface area contributed by atoms with Crippen molar-refractivity contribution in [3.8, 4) is 0 Å². The lowest BCUT2D eigenvalue weighted by molar-refractivity contribution is 0.102. The molecule has 0 unspecified atom stereocenters. The van der Waals surface area contributed by atoms with Crippen LogP contribution in [0.2, 0.25) is 5.02 Å². The first kappa shape index (κ1) is 13.8. The molecule has 6 nitrogen and oxygen atoms in total. The average Bonchev–Trinajstić information content (AvgIpc) is 2.48. The first-order valence-electron chi connectivity index (χ1n) is 5.61. The SMILES string of the molecule is NC(=NO)c1ccc(NC(=O)c2ccc(Cl)cn2)cc1. The molecule has 7 heteroatoms. The normalized spacial score (nSPS) is 11.2. The molecule has 2 rings (SSSR count). The van der Waals surface area contributed by atoms with Crippen LogP contribution in [-0.4, -0.2) is 21.9 Å². The van der Waals surface area contributed by atoms with Crippen LogP contribution in [0.25, 0.3) is 0 Å². The van der Waals surface area contributed by atoms with Crippen LogP contribution in [-0.2, 0) is 0 Å². The second-order valence-electron chi connectivity index (χ2n) is 3.88. The second kappa shape index (κ2) is 6.03. The Bertz CT molecular complexity index is 638. The molecule has 1 heterocycles. The maximum Gasteiger partial charge on any atom is 0.274 e. The molecule has 20 heavy (non-hydrogen) atoms. The van der Waals surface area contributed by atoms with E-state index in [9.17, 15) is 4.79 Å². The number of carbonyl (C=O) groups excluding carboxylic acids is 1. The Balaban J connectivity index is 2.10. The molecule has 0 aliphatic rings. The molecule has 0 atom stereocenters. The highest BCUT2D eigenvalue weighted by molar-refractivity contribution is 6.30. The van der Waals surface area contributed by atoms with Crippen molar-refractivity contribution in [3.63, 3.8) is 0 Å². The zero-order valence-corrected chi connectivity index (χ0v) is 11.0. The lowest BCUT2D eigenvalue weighted by atomic mass is 10.2. The number of amidine groups is 1. The first-order valence-corrected chi connectivity index (χ1v) is 5.99. The van der Waals surface area contributed by atoms with Crippen molar-refractivity contribution < 1.29 is 10.0 Å². The van der Waals surface area contributed by atoms with Gasteiger partial charge in [-0.05, 0) is 36.4 Å². The molecule has 1 aromatic carbocycles. The monoisotopic (exact) mass is 290 g/mol. The molecule has 0 bridgehead atoms. The summed E-state index contributed by atoms with van der Waals surface area (Å²) in [4.78, 5) is 15.8. The number of rotatable bonds is 3. The van der Waals surface area contributed by atoms with E-state index in [4.69, 9.17) is 22.5 Å². The van der Waals surface area contributed by atoms with Gasteiger partial charge in [-0.3, -0.25) is 4.79 Å². The molecule has 4 N–H and O–H groups in total. The fourth-order valence-electron chi connectivity index (χ4n) is 1.49. The van der Waals surface area contributed by atoms with Crippen LogP contribution in [0.15, 0.2) is 47.8 Å². The topological polar surface area (TPSA) is 101 Å². The zero-order chi connectivity index (χ0) is 14.5. The van der Waals surface area contributed by atoms with E-state index in [1.54, 1.807) is 30.3 Å². The molecule has 1 amide bonds. The third kappa shape index (κ3) is 3.24. The Morgan fingerprint density at radius 2 is 1.95 bits per heavy atom. The van der Waals surface area contributed by atoms with E-state index in [1.807, 2.05) is 0 Å². The van der Waals surface area contributed by atoms with Crippen LogP contribution in [0.4, 0.5) is 5.69 Å². The van der Waals surface area contributed by atoms with Crippen LogP contribution >= 0.6 is 11.6 Å². The van der Waals surface area contributed by atoms with E-state index < -0.39 is 0 Å². The van der Waals surface area contributed by atoms with E-state index in [2.05, 4.69) is 15.5 Å². The van der Waals surface area contributed by atoms with Gasteiger partial charge in [0.2, 0.25) is 0 Å². The Morgan fingerprint density at radius 1 is 1.25 bits per heavy atom. The maximum atomic E-state index is 11.9. The maximum absolute atomic E-state index is 11.9. The lowest BCUT2D eigenvalue weighted by Crippen LogP contribution is -2.15. The number of hydrogen-bond donors (Lipinski definition) is 3. The quantitative estimate of drug-likeness (QED) is 0.349. The van der Waals surface area contributed by atoms with Gasteiger partial charge in [0.05, 0.1) is 5.02 Å². The number of pyridine rings is 1. The number of amides is 1. The number of hydrogen-bond acceptors (Lipinski definition) is 4. The van der Waals surface area contributed by atoms with Crippen LogP contribution in [0.5, 0.6) is 0 Å². The number of nitrogens with zero attached hydrogens (tertiary/aromatic N) is 2. The summed E-state index contributed by atoms with van der Waals surface area (Å²) in [5, 5.41) is 14.6. The summed E-state index contributed by atoms with van der Waals surface area (Å²) in [6, 6.07) is 9.65. The molecule has 102 valence electrons. The molecule has 0 spiro atoms. The summed E-state index contributed by atoms with van der Waals surface area (Å²) in [7, 11) is 0. The third-order valence-electron chi connectivity index (χ3n) is 2.51. The number of halogens is 1. The van der Waals surface area contributed by atoms with Gasteiger partial charge in [0, 0.05) is 17.4 Å². The van der Waals surface area contributed by atoms with Gasteiger partial charge < -0.3 is 16.3 Å². The van der Waals surface area contributed by atoms with Crippen LogP contribution in [0, 0.1) is 0 Å². The minimum Gasteiger partial charge on any atom is -0.409 e. The summed E-state index contributed by atoms with van der Waals surface area (Å²) < 4.78 is 0. The van der Waals surface area contributed by atoms with Gasteiger partial charge in [-0.15, -0.1) is 0 Å². The Labute approximate surface area is 119 Å². The number of anilines is 1. The van der Waals surface area contributed by atoms with Crippen LogP contribution in [0.3, 0.4) is 0 Å². The van der Waals surface area contributed by atoms with Gasteiger partial charge in [0.25, 0.3) is 5.91 Å². The molecule has 0 saturated heterocycles. The highest BCUT2D eigenvalue weighted by atomic mass is 35.5. The minimum absolute atomic E-state index is 0.00208. The van der Waals surface area contributed by atoms with Gasteiger partial charge in [-0.2, -0.15) is 0 Å². The number of carbonyl (C=O) groups is 1. The smallest absolute Gasteiger partial charge is 0.274 e. The van der Waals surface area contributed by atoms with Gasteiger partial charge in [-0.25, -0.2) is 4.98 Å². The third-order valence-corrected chi connectivity index (χ3v) is 2.73. The molecular weight excluding hydrogens is 280 g/mol. The predicted octanol–water partition coefficient (Wildman–Crippen LogP) is 2.08. The molecule has 0 fully saturated rings. The number of nitrogens with two attached hydrogens (primary N) is 1. The van der Waals surface area contributed by atoms with Gasteiger partial charge in [0.1, 0.15) is 5.69 Å². The minimum atomic E-state index is -0.349. The fourth-order valence-corrected chi connectivity index (χ4v) is 1.60. The Morgan fingerprint density at radius 3 is 2.50 bits per heavy atom. The largest absolute Gasteiger partial charge is 0.409 e. The van der Waals surface area contributed by atoms with E-state index in [1.165, 1.54) is 12.3 Å². The molecule has 0 saturated carbocycles. The average molecular weight is 291 g/mol. The molecular formula is C13H11ClN4O2. The number of aromatic nitrogens is 1. The molecule has 1 aromatic heterocycles. The van der Waals surface area contributed by atoms with Crippen molar-refractivity contribution in [1.82, 2.24) is 4.98 Å². The van der Waals surface area contributed by atoms with Crippen molar-refractivity contribution in [2.45, 2.75) is 0 Å². The highest BCUT2D eigenvalue weighted by Gasteiger charge is 2.07. The van der Waals surface area contributed by atoms with Gasteiger partial charge in [-0.1, -0.05) is 16.8 Å². The summed E-state index contributed by atoms with van der Waals surface area (Å²) in [6.45, 7) is 0. The summed E-state index contributed by atoms with van der Waals surface area (Å²) in [6.07, 6.45) is 1.40. The van der Waals surface area contributed by atoms with Gasteiger partial charge in [0.15, 0.2) is 5.84 Å². The zero-order valence-electron chi connectivity index (χ0n) is 10.2. The summed E-state index contributed by atoms with van der Waals surface area (Å²) in [5.41, 5.74) is 6.82. The number of nitrogens with one attached hydrogen (secondary N) is 1. The van der Waals surface area contributed by atoms with Crippen molar-refractivity contribution in [1.29, 1.82) is 0 Å². The number of oxime groups is 1. The van der Waals surface area contributed by atoms with E-state index in [0.29, 0.717) is 16.3 Å². The van der Waals surface area contributed by atoms with Crippen molar-refractivity contribution in [3.05, 3.63) is 58.9 Å². The van der Waals surface area contributed by atoms with Crippen LogP contribution < -0.4 is 11.1 Å². The Kier molecular flexibility index (Phi) is 4.17. The lowest BCUT2D eigenvalue weighted by Gasteiger charge is -2.05. The molecule has 0 aliphatic carbocycles. The van der Waals surface area contributed by atoms with E-state index in [0.717, 1.165) is 0 Å². The fraction of sp³-hybridized carbons (Fsp3) is 0. The molecule has 0 aliphatic heterocycles. The van der Waals surface area contributed by atoms with Crippen molar-refractivity contribution in [2.75, 3.05) is 5.32 Å². The Hall–Kier alpha value is -2.60. The van der Waals surface area contributed by atoms with Crippen LogP contribution in [0.1, 0.15) is 16.1 Å². The predicted molar refractivity (Wildman–Crippen MR) is 76.2 cm³/mol. The van der Waals surface area contributed by atoms with E-state index in [-0.39, 0.29) is 17.4 Å². The summed E-state index contributed by atoms with van der Waals surface area (Å²) >= 11 is 5.70.